The summed E-state index contributed by atoms with van der Waals surface area (Å²) in [7, 11) is 1.43. The molecule has 25 heavy (non-hydrogen) atoms. The molecule has 0 fully saturated rings. The summed E-state index contributed by atoms with van der Waals surface area (Å²) in [6.45, 7) is 5.39. The summed E-state index contributed by atoms with van der Waals surface area (Å²) in [4.78, 5) is 32.4. The van der Waals surface area contributed by atoms with Gasteiger partial charge in [-0.1, -0.05) is 46.0 Å². The van der Waals surface area contributed by atoms with Gasteiger partial charge in [-0.25, -0.2) is 4.79 Å². The number of hydrogen-bond donors (Lipinski definition) is 1. The number of carbonyl (C=O) groups excluding carboxylic acids is 3. The predicted molar refractivity (Wildman–Crippen MR) is 93.9 cm³/mol. The van der Waals surface area contributed by atoms with Crippen molar-refractivity contribution in [1.29, 1.82) is 0 Å². The van der Waals surface area contributed by atoms with E-state index in [9.17, 15) is 14.4 Å². The summed E-state index contributed by atoms with van der Waals surface area (Å²) < 4.78 is 14.0. The fourth-order valence-corrected chi connectivity index (χ4v) is 1.86. The third-order valence-corrected chi connectivity index (χ3v) is 3.20. The predicted octanol–water partition coefficient (Wildman–Crippen LogP) is 2.77. The molecule has 1 unspecified atom stereocenters. The molecule has 0 saturated carbocycles. The van der Waals surface area contributed by atoms with E-state index in [2.05, 4.69) is 16.4 Å². The van der Waals surface area contributed by atoms with Gasteiger partial charge in [0.05, 0.1) is 6.61 Å². The van der Waals surface area contributed by atoms with Gasteiger partial charge in [-0.3, -0.25) is 9.59 Å². The molecular weight excluding hydrogens is 328 g/mol. The Morgan fingerprint density at radius 2 is 1.64 bits per heavy atom. The van der Waals surface area contributed by atoms with Gasteiger partial charge in [0.1, 0.15) is 6.61 Å². The summed E-state index contributed by atoms with van der Waals surface area (Å²) in [5.74, 6) is -1.38. The minimum absolute atomic E-state index is 0.0826. The number of ether oxygens (including phenoxy) is 3. The van der Waals surface area contributed by atoms with Gasteiger partial charge in [0.25, 0.3) is 0 Å². The Morgan fingerprint density at radius 1 is 1.00 bits per heavy atom. The molecule has 0 aromatic rings. The first-order valence-electron chi connectivity index (χ1n) is 8.94. The molecule has 0 aliphatic rings. The van der Waals surface area contributed by atoms with Crippen molar-refractivity contribution in [2.75, 3.05) is 20.3 Å². The van der Waals surface area contributed by atoms with Gasteiger partial charge >= 0.3 is 17.9 Å². The highest BCUT2D eigenvalue weighted by molar-refractivity contribution is 5.86. The van der Waals surface area contributed by atoms with Crippen molar-refractivity contribution < 1.29 is 33.7 Å². The Bertz CT molecular complexity index is 355. The van der Waals surface area contributed by atoms with E-state index in [1.54, 1.807) is 0 Å². The third kappa shape index (κ3) is 18.7. The Kier molecular flexibility index (Phi) is 19.4. The van der Waals surface area contributed by atoms with Crippen LogP contribution in [0.25, 0.3) is 0 Å². The molecule has 1 N–H and O–H groups in total. The lowest BCUT2D eigenvalue weighted by Crippen LogP contribution is -2.26. The van der Waals surface area contributed by atoms with Crippen molar-refractivity contribution in [3.8, 4) is 0 Å². The molecule has 0 aliphatic heterocycles. The highest BCUT2D eigenvalue weighted by Gasteiger charge is 2.19. The van der Waals surface area contributed by atoms with E-state index in [0.717, 1.165) is 25.7 Å². The lowest BCUT2D eigenvalue weighted by molar-refractivity contribution is -0.166. The Balaban J connectivity index is 0. The van der Waals surface area contributed by atoms with Crippen LogP contribution in [0.2, 0.25) is 0 Å². The number of methoxy groups -OCH3 is 1. The van der Waals surface area contributed by atoms with E-state index in [0.29, 0.717) is 12.8 Å². The lowest BCUT2D eigenvalue weighted by atomic mass is 10.1. The van der Waals surface area contributed by atoms with Crippen LogP contribution in [0.1, 0.15) is 72.1 Å². The first-order chi connectivity index (χ1) is 11.9. The van der Waals surface area contributed by atoms with E-state index in [1.807, 2.05) is 6.92 Å². The molecule has 1 atom stereocenters. The zero-order valence-corrected chi connectivity index (χ0v) is 16.0. The number of esters is 3. The second-order valence-corrected chi connectivity index (χ2v) is 5.53. The first-order valence-corrected chi connectivity index (χ1v) is 8.94. The number of aliphatic hydroxyl groups is 1. The molecule has 7 nitrogen and oxygen atoms in total. The fraction of sp³-hybridized carbons (Fsp3) is 0.833. The van der Waals surface area contributed by atoms with Crippen molar-refractivity contribution in [2.45, 2.75) is 78.2 Å². The van der Waals surface area contributed by atoms with Crippen molar-refractivity contribution >= 4 is 17.9 Å². The van der Waals surface area contributed by atoms with Crippen LogP contribution in [0.5, 0.6) is 0 Å². The Labute approximate surface area is 151 Å². The monoisotopic (exact) mass is 362 g/mol. The SMILES string of the molecule is CCCCC(OC)C(=O)OC(C)=O.CCCCCCC(=O)OCCO. The number of aliphatic hydroxyl groups excluding tert-OH is 1. The minimum Gasteiger partial charge on any atom is -0.463 e. The van der Waals surface area contributed by atoms with Crippen LogP contribution in [0.15, 0.2) is 0 Å². The maximum atomic E-state index is 11.1. The van der Waals surface area contributed by atoms with Crippen molar-refractivity contribution in [1.82, 2.24) is 0 Å². The van der Waals surface area contributed by atoms with Gasteiger partial charge in [0, 0.05) is 20.5 Å². The second-order valence-electron chi connectivity index (χ2n) is 5.53. The van der Waals surface area contributed by atoms with E-state index < -0.39 is 18.0 Å². The smallest absolute Gasteiger partial charge is 0.342 e. The van der Waals surface area contributed by atoms with E-state index in [4.69, 9.17) is 9.84 Å². The van der Waals surface area contributed by atoms with Crippen molar-refractivity contribution in [2.24, 2.45) is 0 Å². The molecule has 0 aromatic carbocycles. The number of hydrogen-bond acceptors (Lipinski definition) is 7. The van der Waals surface area contributed by atoms with Crippen LogP contribution in [0, 0.1) is 0 Å². The van der Waals surface area contributed by atoms with Gasteiger partial charge < -0.3 is 19.3 Å². The van der Waals surface area contributed by atoms with E-state index in [1.165, 1.54) is 26.9 Å². The summed E-state index contributed by atoms with van der Waals surface area (Å²) in [6, 6.07) is 0. The topological polar surface area (TPSA) is 99.1 Å². The zero-order valence-electron chi connectivity index (χ0n) is 16.0. The van der Waals surface area contributed by atoms with Gasteiger partial charge in [-0.15, -0.1) is 0 Å². The molecule has 0 rings (SSSR count). The molecule has 0 heterocycles. The highest BCUT2D eigenvalue weighted by Crippen LogP contribution is 2.06. The molecule has 0 saturated heterocycles. The first kappa shape index (κ1) is 25.8. The Hall–Kier alpha value is -1.47. The molecule has 0 amide bonds. The third-order valence-electron chi connectivity index (χ3n) is 3.20. The number of unbranched alkanes of at least 4 members (excludes halogenated alkanes) is 4. The van der Waals surface area contributed by atoms with E-state index in [-0.39, 0.29) is 19.2 Å². The zero-order chi connectivity index (χ0) is 19.5. The second kappa shape index (κ2) is 18.9. The summed E-state index contributed by atoms with van der Waals surface area (Å²) in [5.41, 5.74) is 0. The van der Waals surface area contributed by atoms with Crippen LogP contribution in [-0.2, 0) is 28.6 Å². The fourth-order valence-electron chi connectivity index (χ4n) is 1.86. The van der Waals surface area contributed by atoms with Gasteiger partial charge in [-0.05, 0) is 12.8 Å². The normalized spacial score (nSPS) is 11.1. The largest absolute Gasteiger partial charge is 0.463 e. The number of rotatable bonds is 12. The molecule has 0 radical (unpaired) electrons. The quantitative estimate of drug-likeness (QED) is 0.324. The molecule has 0 aromatic heterocycles. The summed E-state index contributed by atoms with van der Waals surface area (Å²) >= 11 is 0. The molecule has 0 bridgehead atoms. The van der Waals surface area contributed by atoms with E-state index >= 15 is 0 Å². The van der Waals surface area contributed by atoms with Crippen LogP contribution >= 0.6 is 0 Å². The van der Waals surface area contributed by atoms with Crippen LogP contribution in [0.3, 0.4) is 0 Å². The molecule has 7 heteroatoms. The molecular formula is C18H34O7. The maximum absolute atomic E-state index is 11.1. The maximum Gasteiger partial charge on any atom is 0.342 e. The van der Waals surface area contributed by atoms with Gasteiger partial charge in [0.2, 0.25) is 0 Å². The summed E-state index contributed by atoms with van der Waals surface area (Å²) in [6.07, 6.45) is 6.67. The standard InChI is InChI=1S/C9H16O4.C9H18O3/c1-4-5-6-8(12-3)9(11)13-7(2)10;1-2-3-4-5-6-9(11)12-8-7-10/h8H,4-6H2,1-3H3;10H,2-8H2,1H3. The van der Waals surface area contributed by atoms with Gasteiger partial charge in [-0.2, -0.15) is 0 Å². The molecule has 0 aliphatic carbocycles. The molecule has 0 spiro atoms. The van der Waals surface area contributed by atoms with Crippen molar-refractivity contribution in [3.63, 3.8) is 0 Å². The van der Waals surface area contributed by atoms with Crippen LogP contribution in [-0.4, -0.2) is 49.4 Å². The average molecular weight is 362 g/mol. The van der Waals surface area contributed by atoms with Crippen LogP contribution < -0.4 is 0 Å². The lowest BCUT2D eigenvalue weighted by Gasteiger charge is -2.11. The Morgan fingerprint density at radius 3 is 2.12 bits per heavy atom. The van der Waals surface area contributed by atoms with Gasteiger partial charge in [0.15, 0.2) is 6.10 Å². The number of carbonyl (C=O) groups is 3. The van der Waals surface area contributed by atoms with Crippen molar-refractivity contribution in [3.05, 3.63) is 0 Å². The highest BCUT2D eigenvalue weighted by atomic mass is 16.6. The average Bonchev–Trinajstić information content (AvgIpc) is 2.57. The minimum atomic E-state index is -0.608. The van der Waals surface area contributed by atoms with Crippen LogP contribution in [0.4, 0.5) is 0 Å². The molecule has 148 valence electrons. The summed E-state index contributed by atoms with van der Waals surface area (Å²) in [5, 5.41) is 8.35.